The van der Waals surface area contributed by atoms with Crippen LogP contribution < -0.4 is 4.72 Å². The van der Waals surface area contributed by atoms with Gasteiger partial charge in [-0.2, -0.15) is 12.7 Å². The molecule has 0 aliphatic carbocycles. The molecular formula is C16H25N3O2S. The second-order valence-corrected chi connectivity index (χ2v) is 7.17. The molecular weight excluding hydrogens is 298 g/mol. The van der Waals surface area contributed by atoms with E-state index in [0.29, 0.717) is 19.6 Å². The van der Waals surface area contributed by atoms with Gasteiger partial charge in [0.15, 0.2) is 0 Å². The number of rotatable bonds is 7. The summed E-state index contributed by atoms with van der Waals surface area (Å²) in [4.78, 5) is 2.27. The zero-order valence-electron chi connectivity index (χ0n) is 13.1. The van der Waals surface area contributed by atoms with Gasteiger partial charge >= 0.3 is 0 Å². The standard InChI is InChI=1S/C16H25N3O2S/c1-2-10-17-22(20,21)19-14-12-18(13-15-19)11-6-9-16-7-4-3-5-8-16/h3-9,17H,2,10-15H2,1H3/b9-6+. The highest BCUT2D eigenvalue weighted by Gasteiger charge is 2.25. The van der Waals surface area contributed by atoms with Crippen LogP contribution in [0.1, 0.15) is 18.9 Å². The second kappa shape index (κ2) is 8.43. The third-order valence-electron chi connectivity index (χ3n) is 3.68. The Morgan fingerprint density at radius 2 is 1.82 bits per heavy atom. The van der Waals surface area contributed by atoms with Gasteiger partial charge in [0.05, 0.1) is 0 Å². The van der Waals surface area contributed by atoms with E-state index in [2.05, 4.69) is 33.9 Å². The minimum absolute atomic E-state index is 0.502. The van der Waals surface area contributed by atoms with E-state index in [-0.39, 0.29) is 0 Å². The lowest BCUT2D eigenvalue weighted by Gasteiger charge is -2.33. The molecule has 0 aromatic heterocycles. The van der Waals surface area contributed by atoms with E-state index >= 15 is 0 Å². The number of benzene rings is 1. The maximum absolute atomic E-state index is 12.0. The molecule has 0 atom stereocenters. The minimum atomic E-state index is -3.29. The minimum Gasteiger partial charge on any atom is -0.297 e. The zero-order valence-corrected chi connectivity index (χ0v) is 13.9. The molecule has 22 heavy (non-hydrogen) atoms. The molecule has 0 amide bonds. The largest absolute Gasteiger partial charge is 0.297 e. The van der Waals surface area contributed by atoms with Crippen LogP contribution in [-0.2, 0) is 10.2 Å². The molecule has 1 heterocycles. The SMILES string of the molecule is CCCNS(=O)(=O)N1CCN(C/C=C/c2ccccc2)CC1. The molecule has 6 heteroatoms. The van der Waals surface area contributed by atoms with E-state index in [1.54, 1.807) is 4.31 Å². The van der Waals surface area contributed by atoms with Crippen LogP contribution in [0.3, 0.4) is 0 Å². The van der Waals surface area contributed by atoms with Crippen LogP contribution in [0.25, 0.3) is 6.08 Å². The van der Waals surface area contributed by atoms with E-state index in [9.17, 15) is 8.42 Å². The van der Waals surface area contributed by atoms with Gasteiger partial charge in [0.25, 0.3) is 10.2 Å². The molecule has 0 unspecified atom stereocenters. The smallest absolute Gasteiger partial charge is 0.279 e. The lowest BCUT2D eigenvalue weighted by atomic mass is 10.2. The van der Waals surface area contributed by atoms with Crippen molar-refractivity contribution in [2.24, 2.45) is 0 Å². The monoisotopic (exact) mass is 323 g/mol. The Kier molecular flexibility index (Phi) is 6.57. The van der Waals surface area contributed by atoms with Gasteiger partial charge in [-0.3, -0.25) is 4.90 Å². The van der Waals surface area contributed by atoms with Crippen molar-refractivity contribution >= 4 is 16.3 Å². The molecule has 1 N–H and O–H groups in total. The fourth-order valence-electron chi connectivity index (χ4n) is 2.38. The summed E-state index contributed by atoms with van der Waals surface area (Å²) < 4.78 is 28.2. The van der Waals surface area contributed by atoms with Gasteiger partial charge in [0, 0.05) is 39.3 Å². The quantitative estimate of drug-likeness (QED) is 0.828. The van der Waals surface area contributed by atoms with Gasteiger partial charge in [-0.1, -0.05) is 49.4 Å². The van der Waals surface area contributed by atoms with E-state index < -0.39 is 10.2 Å². The highest BCUT2D eigenvalue weighted by molar-refractivity contribution is 7.87. The Morgan fingerprint density at radius 1 is 1.14 bits per heavy atom. The number of nitrogens with zero attached hydrogens (tertiary/aromatic N) is 2. The molecule has 0 spiro atoms. The molecule has 0 bridgehead atoms. The van der Waals surface area contributed by atoms with Crippen molar-refractivity contribution in [1.29, 1.82) is 0 Å². The van der Waals surface area contributed by atoms with Crippen molar-refractivity contribution in [3.05, 3.63) is 42.0 Å². The maximum atomic E-state index is 12.0. The summed E-state index contributed by atoms with van der Waals surface area (Å²) in [6.45, 7) is 5.96. The molecule has 1 aromatic rings. The molecule has 1 fully saturated rings. The van der Waals surface area contributed by atoms with Gasteiger partial charge in [-0.05, 0) is 12.0 Å². The van der Waals surface area contributed by atoms with Crippen LogP contribution in [0, 0.1) is 0 Å². The fourth-order valence-corrected chi connectivity index (χ4v) is 3.67. The Morgan fingerprint density at radius 3 is 2.45 bits per heavy atom. The first-order chi connectivity index (χ1) is 10.6. The number of nitrogens with one attached hydrogen (secondary N) is 1. The average molecular weight is 323 g/mol. The number of hydrogen-bond donors (Lipinski definition) is 1. The summed E-state index contributed by atoms with van der Waals surface area (Å²) in [7, 11) is -3.29. The van der Waals surface area contributed by atoms with Crippen molar-refractivity contribution in [3.63, 3.8) is 0 Å². The summed E-state index contributed by atoms with van der Waals surface area (Å²) in [5, 5.41) is 0. The van der Waals surface area contributed by atoms with Crippen molar-refractivity contribution in [2.45, 2.75) is 13.3 Å². The van der Waals surface area contributed by atoms with Crippen LogP contribution in [-0.4, -0.2) is 56.9 Å². The van der Waals surface area contributed by atoms with Crippen LogP contribution in [0.5, 0.6) is 0 Å². The molecule has 2 rings (SSSR count). The third-order valence-corrected chi connectivity index (χ3v) is 5.29. The highest BCUT2D eigenvalue weighted by Crippen LogP contribution is 2.07. The van der Waals surface area contributed by atoms with Crippen molar-refractivity contribution in [1.82, 2.24) is 13.9 Å². The van der Waals surface area contributed by atoms with Crippen molar-refractivity contribution in [2.75, 3.05) is 39.3 Å². The molecule has 122 valence electrons. The van der Waals surface area contributed by atoms with Crippen LogP contribution in [0.15, 0.2) is 36.4 Å². The molecule has 0 saturated carbocycles. The first kappa shape index (κ1) is 17.1. The summed E-state index contributed by atoms with van der Waals surface area (Å²) in [5.74, 6) is 0. The van der Waals surface area contributed by atoms with E-state index in [4.69, 9.17) is 0 Å². The molecule has 5 nitrogen and oxygen atoms in total. The topological polar surface area (TPSA) is 52.7 Å². The number of hydrogen-bond acceptors (Lipinski definition) is 3. The predicted octanol–water partition coefficient (Wildman–Crippen LogP) is 1.56. The van der Waals surface area contributed by atoms with Gasteiger partial charge < -0.3 is 0 Å². The summed E-state index contributed by atoms with van der Waals surface area (Å²) in [6, 6.07) is 10.2. The molecule has 1 aliphatic heterocycles. The third kappa shape index (κ3) is 5.21. The first-order valence-electron chi connectivity index (χ1n) is 7.80. The van der Waals surface area contributed by atoms with Gasteiger partial charge in [0.1, 0.15) is 0 Å². The van der Waals surface area contributed by atoms with Gasteiger partial charge in [-0.25, -0.2) is 4.72 Å². The van der Waals surface area contributed by atoms with E-state index in [0.717, 1.165) is 26.1 Å². The highest BCUT2D eigenvalue weighted by atomic mass is 32.2. The lowest BCUT2D eigenvalue weighted by Crippen LogP contribution is -2.52. The van der Waals surface area contributed by atoms with Crippen LogP contribution in [0.4, 0.5) is 0 Å². The molecule has 1 aromatic carbocycles. The first-order valence-corrected chi connectivity index (χ1v) is 9.24. The van der Waals surface area contributed by atoms with Crippen molar-refractivity contribution in [3.8, 4) is 0 Å². The Balaban J connectivity index is 1.76. The van der Waals surface area contributed by atoms with Crippen LogP contribution >= 0.6 is 0 Å². The summed E-state index contributed by atoms with van der Waals surface area (Å²) in [6.07, 6.45) is 5.05. The summed E-state index contributed by atoms with van der Waals surface area (Å²) in [5.41, 5.74) is 1.19. The lowest BCUT2D eigenvalue weighted by molar-refractivity contribution is 0.203. The fraction of sp³-hybridized carbons (Fsp3) is 0.500. The normalized spacial score (nSPS) is 18.0. The Hall–Kier alpha value is -1.21. The summed E-state index contributed by atoms with van der Waals surface area (Å²) >= 11 is 0. The predicted molar refractivity (Wildman–Crippen MR) is 90.7 cm³/mol. The van der Waals surface area contributed by atoms with E-state index in [1.165, 1.54) is 5.56 Å². The van der Waals surface area contributed by atoms with Crippen molar-refractivity contribution < 1.29 is 8.42 Å². The van der Waals surface area contributed by atoms with Gasteiger partial charge in [-0.15, -0.1) is 0 Å². The van der Waals surface area contributed by atoms with E-state index in [1.807, 2.05) is 25.1 Å². The Labute approximate surface area is 133 Å². The average Bonchev–Trinajstić information content (AvgIpc) is 2.54. The Bertz CT molecular complexity index is 564. The zero-order chi connectivity index (χ0) is 15.8. The molecule has 0 radical (unpaired) electrons. The van der Waals surface area contributed by atoms with Gasteiger partial charge in [0.2, 0.25) is 0 Å². The number of piperazine rings is 1. The van der Waals surface area contributed by atoms with Crippen LogP contribution in [0.2, 0.25) is 0 Å². The molecule has 1 saturated heterocycles. The second-order valence-electron chi connectivity index (χ2n) is 5.41. The maximum Gasteiger partial charge on any atom is 0.279 e. The molecule has 1 aliphatic rings.